The van der Waals surface area contributed by atoms with E-state index in [1.807, 2.05) is 30.1 Å². The van der Waals surface area contributed by atoms with Gasteiger partial charge in [0.05, 0.1) is 17.5 Å². The number of carbonyl (C=O) groups excluding carboxylic acids is 1. The van der Waals surface area contributed by atoms with E-state index >= 15 is 0 Å². The quantitative estimate of drug-likeness (QED) is 0.863. The van der Waals surface area contributed by atoms with Crippen LogP contribution in [0.3, 0.4) is 0 Å². The molecule has 0 N–H and O–H groups in total. The van der Waals surface area contributed by atoms with Gasteiger partial charge in [-0.15, -0.1) is 0 Å². The van der Waals surface area contributed by atoms with Crippen molar-refractivity contribution in [2.24, 2.45) is 0 Å². The number of hydrogen-bond acceptors (Lipinski definition) is 4. The maximum absolute atomic E-state index is 12.4. The number of likely N-dealkylation sites (N-methyl/N-ethyl adjacent to an activating group) is 1. The Labute approximate surface area is 124 Å². The second-order valence-electron chi connectivity index (χ2n) is 5.40. The SMILES string of the molecule is CN(C(=O)Cc1ccc2nccnc2c1)C1CCOCC1. The van der Waals surface area contributed by atoms with Crippen LogP contribution in [0.5, 0.6) is 0 Å². The smallest absolute Gasteiger partial charge is 0.226 e. The van der Waals surface area contributed by atoms with Crippen LogP contribution in [-0.4, -0.2) is 47.1 Å². The average Bonchev–Trinajstić information content (AvgIpc) is 2.55. The lowest BCUT2D eigenvalue weighted by Gasteiger charge is -2.31. The summed E-state index contributed by atoms with van der Waals surface area (Å²) < 4.78 is 5.34. The van der Waals surface area contributed by atoms with E-state index in [9.17, 15) is 4.79 Å². The summed E-state index contributed by atoms with van der Waals surface area (Å²) in [6, 6.07) is 6.11. The van der Waals surface area contributed by atoms with Gasteiger partial charge in [-0.25, -0.2) is 0 Å². The van der Waals surface area contributed by atoms with Crippen LogP contribution in [0.2, 0.25) is 0 Å². The van der Waals surface area contributed by atoms with Gasteiger partial charge in [-0.2, -0.15) is 0 Å². The zero-order valence-electron chi connectivity index (χ0n) is 12.2. The number of rotatable bonds is 3. The molecule has 110 valence electrons. The highest BCUT2D eigenvalue weighted by Crippen LogP contribution is 2.16. The van der Waals surface area contributed by atoms with Gasteiger partial charge in [-0.1, -0.05) is 6.07 Å². The number of nitrogens with zero attached hydrogens (tertiary/aromatic N) is 3. The molecule has 1 aliphatic rings. The van der Waals surface area contributed by atoms with E-state index in [1.54, 1.807) is 12.4 Å². The molecule has 5 heteroatoms. The third kappa shape index (κ3) is 3.19. The molecule has 1 amide bonds. The van der Waals surface area contributed by atoms with E-state index in [1.165, 1.54) is 0 Å². The normalized spacial score (nSPS) is 16.0. The minimum Gasteiger partial charge on any atom is -0.381 e. The Morgan fingerprint density at radius 3 is 2.71 bits per heavy atom. The van der Waals surface area contributed by atoms with Gasteiger partial charge in [0.2, 0.25) is 5.91 Å². The minimum absolute atomic E-state index is 0.144. The van der Waals surface area contributed by atoms with E-state index in [0.29, 0.717) is 12.5 Å². The molecule has 0 radical (unpaired) electrons. The second-order valence-corrected chi connectivity index (χ2v) is 5.40. The van der Waals surface area contributed by atoms with Gasteiger partial charge in [0.25, 0.3) is 0 Å². The van der Waals surface area contributed by atoms with Crippen molar-refractivity contribution in [1.29, 1.82) is 0 Å². The molecule has 0 saturated carbocycles. The molecule has 2 heterocycles. The maximum Gasteiger partial charge on any atom is 0.226 e. The fourth-order valence-electron chi connectivity index (χ4n) is 2.69. The monoisotopic (exact) mass is 285 g/mol. The first-order valence-corrected chi connectivity index (χ1v) is 7.27. The molecule has 0 atom stereocenters. The zero-order valence-corrected chi connectivity index (χ0v) is 12.2. The van der Waals surface area contributed by atoms with Crippen LogP contribution in [0, 0.1) is 0 Å². The molecule has 1 aliphatic heterocycles. The summed E-state index contributed by atoms with van der Waals surface area (Å²) in [7, 11) is 1.89. The lowest BCUT2D eigenvalue weighted by Crippen LogP contribution is -2.41. The van der Waals surface area contributed by atoms with Crippen molar-refractivity contribution >= 4 is 16.9 Å². The summed E-state index contributed by atoms with van der Waals surface area (Å²) in [5.74, 6) is 0.144. The van der Waals surface area contributed by atoms with E-state index in [0.717, 1.165) is 42.7 Å². The largest absolute Gasteiger partial charge is 0.381 e. The Morgan fingerprint density at radius 2 is 1.95 bits per heavy atom. The number of carbonyl (C=O) groups is 1. The summed E-state index contributed by atoms with van der Waals surface area (Å²) in [5.41, 5.74) is 2.66. The first-order valence-electron chi connectivity index (χ1n) is 7.27. The maximum atomic E-state index is 12.4. The van der Waals surface area contributed by atoms with Crippen LogP contribution in [0.4, 0.5) is 0 Å². The van der Waals surface area contributed by atoms with Crippen molar-refractivity contribution in [2.45, 2.75) is 25.3 Å². The molecule has 1 fully saturated rings. The van der Waals surface area contributed by atoms with Gasteiger partial charge < -0.3 is 9.64 Å². The number of benzene rings is 1. The molecule has 0 bridgehead atoms. The molecule has 0 spiro atoms. The van der Waals surface area contributed by atoms with Crippen LogP contribution in [0.25, 0.3) is 11.0 Å². The Balaban J connectivity index is 1.70. The Bertz CT molecular complexity index is 638. The van der Waals surface area contributed by atoms with E-state index < -0.39 is 0 Å². The number of aromatic nitrogens is 2. The number of ether oxygens (including phenoxy) is 1. The van der Waals surface area contributed by atoms with Crippen molar-refractivity contribution in [3.8, 4) is 0 Å². The molecule has 5 nitrogen and oxygen atoms in total. The predicted octanol–water partition coefficient (Wildman–Crippen LogP) is 1.81. The Morgan fingerprint density at radius 1 is 1.24 bits per heavy atom. The van der Waals surface area contributed by atoms with Crippen LogP contribution >= 0.6 is 0 Å². The van der Waals surface area contributed by atoms with Gasteiger partial charge in [0.15, 0.2) is 0 Å². The van der Waals surface area contributed by atoms with Crippen LogP contribution in [-0.2, 0) is 16.0 Å². The van der Waals surface area contributed by atoms with Gasteiger partial charge in [-0.05, 0) is 30.5 Å². The molecular formula is C16H19N3O2. The molecule has 1 aromatic carbocycles. The third-order valence-electron chi connectivity index (χ3n) is 4.02. The number of hydrogen-bond donors (Lipinski definition) is 0. The molecule has 3 rings (SSSR count). The molecule has 0 aliphatic carbocycles. The molecule has 2 aromatic rings. The topological polar surface area (TPSA) is 55.3 Å². The van der Waals surface area contributed by atoms with Crippen molar-refractivity contribution in [3.63, 3.8) is 0 Å². The summed E-state index contributed by atoms with van der Waals surface area (Å²) in [4.78, 5) is 22.8. The number of fused-ring (bicyclic) bond motifs is 1. The van der Waals surface area contributed by atoms with Crippen LogP contribution in [0.1, 0.15) is 18.4 Å². The van der Waals surface area contributed by atoms with E-state index in [-0.39, 0.29) is 5.91 Å². The lowest BCUT2D eigenvalue weighted by molar-refractivity contribution is -0.132. The van der Waals surface area contributed by atoms with Gasteiger partial charge in [0.1, 0.15) is 0 Å². The van der Waals surface area contributed by atoms with Crippen molar-refractivity contribution in [1.82, 2.24) is 14.9 Å². The van der Waals surface area contributed by atoms with Gasteiger partial charge >= 0.3 is 0 Å². The average molecular weight is 285 g/mol. The molecule has 21 heavy (non-hydrogen) atoms. The van der Waals surface area contributed by atoms with Crippen molar-refractivity contribution in [2.75, 3.05) is 20.3 Å². The van der Waals surface area contributed by atoms with Gasteiger partial charge in [-0.3, -0.25) is 14.8 Å². The molecule has 0 unspecified atom stereocenters. The summed E-state index contributed by atoms with van der Waals surface area (Å²) in [6.07, 6.45) is 5.59. The molecule has 1 aromatic heterocycles. The Hall–Kier alpha value is -2.01. The fourth-order valence-corrected chi connectivity index (χ4v) is 2.69. The Kier molecular flexibility index (Phi) is 4.10. The summed E-state index contributed by atoms with van der Waals surface area (Å²) in [5, 5.41) is 0. The predicted molar refractivity (Wildman–Crippen MR) is 79.9 cm³/mol. The highest BCUT2D eigenvalue weighted by Gasteiger charge is 2.22. The summed E-state index contributed by atoms with van der Waals surface area (Å²) >= 11 is 0. The highest BCUT2D eigenvalue weighted by atomic mass is 16.5. The van der Waals surface area contributed by atoms with Crippen molar-refractivity contribution in [3.05, 3.63) is 36.2 Å². The third-order valence-corrected chi connectivity index (χ3v) is 4.02. The first kappa shape index (κ1) is 13.9. The van der Waals surface area contributed by atoms with E-state index in [2.05, 4.69) is 9.97 Å². The first-order chi connectivity index (χ1) is 10.2. The molecule has 1 saturated heterocycles. The fraction of sp³-hybridized carbons (Fsp3) is 0.438. The van der Waals surface area contributed by atoms with E-state index in [4.69, 9.17) is 4.74 Å². The number of amides is 1. The molecular weight excluding hydrogens is 266 g/mol. The van der Waals surface area contributed by atoms with Crippen LogP contribution in [0.15, 0.2) is 30.6 Å². The standard InChI is InChI=1S/C16H19N3O2/c1-19(13-4-8-21-9-5-13)16(20)11-12-2-3-14-15(10-12)18-7-6-17-14/h2-3,6-7,10,13H,4-5,8-9,11H2,1H3. The van der Waals surface area contributed by atoms with Gasteiger partial charge in [0, 0.05) is 38.7 Å². The van der Waals surface area contributed by atoms with Crippen molar-refractivity contribution < 1.29 is 9.53 Å². The second kappa shape index (κ2) is 6.18. The zero-order chi connectivity index (χ0) is 14.7. The highest BCUT2D eigenvalue weighted by molar-refractivity contribution is 5.81. The summed E-state index contributed by atoms with van der Waals surface area (Å²) in [6.45, 7) is 1.49. The van der Waals surface area contributed by atoms with Crippen LogP contribution < -0.4 is 0 Å². The lowest BCUT2D eigenvalue weighted by atomic mass is 10.1. The minimum atomic E-state index is 0.144.